The van der Waals surface area contributed by atoms with Gasteiger partial charge in [0, 0.05) is 19.3 Å². The number of aliphatic carboxylic acids is 1. The zero-order chi connectivity index (χ0) is 12.5. The van der Waals surface area contributed by atoms with Crippen LogP contribution in [0.4, 0.5) is 5.82 Å². The summed E-state index contributed by atoms with van der Waals surface area (Å²) >= 11 is 0. The molecule has 1 aliphatic heterocycles. The number of aromatic amines is 1. The molecule has 2 aromatic heterocycles. The van der Waals surface area contributed by atoms with Crippen molar-refractivity contribution in [3.63, 3.8) is 0 Å². The number of H-pyrrole nitrogens is 1. The minimum absolute atomic E-state index is 0.303. The second-order valence-corrected chi connectivity index (χ2v) is 4.56. The smallest absolute Gasteiger partial charge is 0.308 e. The van der Waals surface area contributed by atoms with Crippen molar-refractivity contribution in [3.8, 4) is 0 Å². The lowest BCUT2D eigenvalue weighted by Gasteiger charge is -2.31. The maximum absolute atomic E-state index is 11.1. The third-order valence-corrected chi connectivity index (χ3v) is 3.40. The van der Waals surface area contributed by atoms with Gasteiger partial charge >= 0.3 is 5.97 Å². The van der Waals surface area contributed by atoms with E-state index < -0.39 is 5.97 Å². The fourth-order valence-electron chi connectivity index (χ4n) is 2.48. The number of hydrogen-bond acceptors (Lipinski definition) is 4. The summed E-state index contributed by atoms with van der Waals surface area (Å²) in [5, 5.41) is 10.1. The number of hydrogen-bond donors (Lipinski definition) is 2. The predicted molar refractivity (Wildman–Crippen MR) is 66.5 cm³/mol. The number of anilines is 1. The highest BCUT2D eigenvalue weighted by atomic mass is 16.4. The number of carbonyl (C=O) groups is 1. The van der Waals surface area contributed by atoms with Gasteiger partial charge < -0.3 is 15.0 Å². The summed E-state index contributed by atoms with van der Waals surface area (Å²) in [6.45, 7) is 1.37. The first-order chi connectivity index (χ1) is 8.75. The van der Waals surface area contributed by atoms with Crippen LogP contribution in [0, 0.1) is 5.92 Å². The summed E-state index contributed by atoms with van der Waals surface area (Å²) < 4.78 is 0. The van der Waals surface area contributed by atoms with Gasteiger partial charge in [-0.05, 0) is 18.9 Å². The predicted octanol–water partition coefficient (Wildman–Crippen LogP) is 1.26. The first kappa shape index (κ1) is 11.0. The van der Waals surface area contributed by atoms with Crippen LogP contribution in [0.15, 0.2) is 18.6 Å². The number of carboxylic acids is 1. The lowest BCUT2D eigenvalue weighted by molar-refractivity contribution is -0.141. The van der Waals surface area contributed by atoms with Crippen LogP contribution >= 0.6 is 0 Å². The Hall–Kier alpha value is -2.11. The van der Waals surface area contributed by atoms with E-state index in [-0.39, 0.29) is 5.92 Å². The van der Waals surface area contributed by atoms with Crippen molar-refractivity contribution in [1.82, 2.24) is 15.0 Å². The van der Waals surface area contributed by atoms with Crippen LogP contribution in [0.3, 0.4) is 0 Å². The van der Waals surface area contributed by atoms with Crippen LogP contribution in [-0.2, 0) is 4.79 Å². The SMILES string of the molecule is O=C(O)C1CCCN(c2ncnc3[nH]ccc23)C1. The van der Waals surface area contributed by atoms with E-state index in [2.05, 4.69) is 15.0 Å². The first-order valence-corrected chi connectivity index (χ1v) is 6.01. The van der Waals surface area contributed by atoms with Gasteiger partial charge in [0.2, 0.25) is 0 Å². The Bertz CT molecular complexity index is 580. The molecule has 1 unspecified atom stereocenters. The molecule has 6 heteroatoms. The molecule has 1 saturated heterocycles. The van der Waals surface area contributed by atoms with Crippen molar-refractivity contribution in [2.45, 2.75) is 12.8 Å². The average Bonchev–Trinajstić information content (AvgIpc) is 2.87. The van der Waals surface area contributed by atoms with E-state index in [4.69, 9.17) is 5.11 Å². The molecule has 0 radical (unpaired) electrons. The summed E-state index contributed by atoms with van der Waals surface area (Å²) in [4.78, 5) is 24.6. The van der Waals surface area contributed by atoms with Gasteiger partial charge in [0.05, 0.1) is 11.3 Å². The lowest BCUT2D eigenvalue weighted by atomic mass is 9.98. The number of aromatic nitrogens is 3. The van der Waals surface area contributed by atoms with Gasteiger partial charge in [-0.3, -0.25) is 4.79 Å². The molecule has 2 N–H and O–H groups in total. The maximum atomic E-state index is 11.1. The molecule has 0 spiro atoms. The molecule has 3 rings (SSSR count). The Kier molecular flexibility index (Phi) is 2.62. The van der Waals surface area contributed by atoms with E-state index in [9.17, 15) is 4.79 Å². The number of rotatable bonds is 2. The molecule has 0 aromatic carbocycles. The van der Waals surface area contributed by atoms with E-state index in [1.165, 1.54) is 6.33 Å². The van der Waals surface area contributed by atoms with Crippen LogP contribution in [0.5, 0.6) is 0 Å². The second-order valence-electron chi connectivity index (χ2n) is 4.56. The molecule has 1 aliphatic rings. The average molecular weight is 246 g/mol. The minimum Gasteiger partial charge on any atom is -0.481 e. The Balaban J connectivity index is 1.94. The fourth-order valence-corrected chi connectivity index (χ4v) is 2.48. The summed E-state index contributed by atoms with van der Waals surface area (Å²) in [7, 11) is 0. The zero-order valence-corrected chi connectivity index (χ0v) is 9.83. The zero-order valence-electron chi connectivity index (χ0n) is 9.83. The van der Waals surface area contributed by atoms with Crippen molar-refractivity contribution in [1.29, 1.82) is 0 Å². The van der Waals surface area contributed by atoms with E-state index >= 15 is 0 Å². The molecule has 94 valence electrons. The molecule has 1 fully saturated rings. The van der Waals surface area contributed by atoms with Gasteiger partial charge in [-0.1, -0.05) is 0 Å². The summed E-state index contributed by atoms with van der Waals surface area (Å²) in [6, 6.07) is 1.93. The monoisotopic (exact) mass is 246 g/mol. The Morgan fingerprint density at radius 1 is 1.50 bits per heavy atom. The molecule has 6 nitrogen and oxygen atoms in total. The van der Waals surface area contributed by atoms with E-state index in [0.29, 0.717) is 6.54 Å². The molecule has 0 aliphatic carbocycles. The maximum Gasteiger partial charge on any atom is 0.308 e. The highest BCUT2D eigenvalue weighted by molar-refractivity contribution is 5.87. The van der Waals surface area contributed by atoms with Crippen molar-refractivity contribution < 1.29 is 9.90 Å². The summed E-state index contributed by atoms with van der Waals surface area (Å²) in [5.41, 5.74) is 0.789. The highest BCUT2D eigenvalue weighted by Gasteiger charge is 2.27. The largest absolute Gasteiger partial charge is 0.481 e. The normalized spacial score (nSPS) is 20.2. The lowest BCUT2D eigenvalue weighted by Crippen LogP contribution is -2.39. The minimum atomic E-state index is -0.723. The molecule has 3 heterocycles. The van der Waals surface area contributed by atoms with E-state index in [0.717, 1.165) is 36.2 Å². The molecule has 2 aromatic rings. The van der Waals surface area contributed by atoms with Gasteiger partial charge in [0.1, 0.15) is 17.8 Å². The number of fused-ring (bicyclic) bond motifs is 1. The van der Waals surface area contributed by atoms with Gasteiger partial charge in [0.25, 0.3) is 0 Å². The number of nitrogens with one attached hydrogen (secondary N) is 1. The second kappa shape index (κ2) is 4.29. The fraction of sp³-hybridized carbons (Fsp3) is 0.417. The van der Waals surface area contributed by atoms with Crippen LogP contribution in [-0.4, -0.2) is 39.1 Å². The molecular formula is C12H14N4O2. The molecule has 0 amide bonds. The highest BCUT2D eigenvalue weighted by Crippen LogP contribution is 2.26. The van der Waals surface area contributed by atoms with Crippen LogP contribution in [0.2, 0.25) is 0 Å². The van der Waals surface area contributed by atoms with E-state index in [1.54, 1.807) is 0 Å². The van der Waals surface area contributed by atoms with Crippen LogP contribution in [0.25, 0.3) is 11.0 Å². The number of piperidine rings is 1. The van der Waals surface area contributed by atoms with Gasteiger partial charge in [-0.25, -0.2) is 9.97 Å². The first-order valence-electron chi connectivity index (χ1n) is 6.01. The summed E-state index contributed by atoms with van der Waals surface area (Å²) in [6.07, 6.45) is 4.96. The standard InChI is InChI=1S/C12H14N4O2/c17-12(18)8-2-1-5-16(6-8)11-9-3-4-13-10(9)14-7-15-11/h3-4,7-8H,1-2,5-6H2,(H,17,18)(H,13,14,15). The Labute approximate surface area is 104 Å². The van der Waals surface area contributed by atoms with Crippen LogP contribution < -0.4 is 4.90 Å². The van der Waals surface area contributed by atoms with E-state index in [1.807, 2.05) is 17.2 Å². The van der Waals surface area contributed by atoms with Gasteiger partial charge in [-0.2, -0.15) is 0 Å². The van der Waals surface area contributed by atoms with Crippen molar-refractivity contribution >= 4 is 22.8 Å². The molecule has 1 atom stereocenters. The topological polar surface area (TPSA) is 82.1 Å². The van der Waals surface area contributed by atoms with Crippen molar-refractivity contribution in [2.24, 2.45) is 5.92 Å². The van der Waals surface area contributed by atoms with Crippen LogP contribution in [0.1, 0.15) is 12.8 Å². The van der Waals surface area contributed by atoms with Gasteiger partial charge in [0.15, 0.2) is 0 Å². The molecule has 0 saturated carbocycles. The Morgan fingerprint density at radius 3 is 3.22 bits per heavy atom. The number of nitrogens with zero attached hydrogens (tertiary/aromatic N) is 3. The van der Waals surface area contributed by atoms with Crippen molar-refractivity contribution in [2.75, 3.05) is 18.0 Å². The van der Waals surface area contributed by atoms with Gasteiger partial charge in [-0.15, -0.1) is 0 Å². The number of carboxylic acid groups (broad SMARTS) is 1. The quantitative estimate of drug-likeness (QED) is 0.833. The third kappa shape index (κ3) is 1.79. The van der Waals surface area contributed by atoms with Crippen molar-refractivity contribution in [3.05, 3.63) is 18.6 Å². The molecular weight excluding hydrogens is 232 g/mol. The summed E-state index contributed by atoms with van der Waals surface area (Å²) in [5.74, 6) is -0.200. The third-order valence-electron chi connectivity index (χ3n) is 3.40. The Morgan fingerprint density at radius 2 is 2.39 bits per heavy atom. The molecule has 0 bridgehead atoms. The molecule has 18 heavy (non-hydrogen) atoms.